The lowest BCUT2D eigenvalue weighted by atomic mass is 9.86. The van der Waals surface area contributed by atoms with Crippen LogP contribution in [0.4, 0.5) is 0 Å². The van der Waals surface area contributed by atoms with Gasteiger partial charge in [0.15, 0.2) is 0 Å². The molecule has 1 aromatic rings. The Labute approximate surface area is 84.1 Å². The van der Waals surface area contributed by atoms with E-state index in [0.717, 1.165) is 25.1 Å². The highest BCUT2D eigenvalue weighted by atomic mass is 16.3. The van der Waals surface area contributed by atoms with Gasteiger partial charge in [-0.05, 0) is 31.5 Å². The smallest absolute Gasteiger partial charge is 0.105 e. The minimum Gasteiger partial charge on any atom is -0.469 e. The van der Waals surface area contributed by atoms with Crippen molar-refractivity contribution >= 4 is 0 Å². The summed E-state index contributed by atoms with van der Waals surface area (Å²) in [4.78, 5) is 0. The van der Waals surface area contributed by atoms with E-state index in [1.54, 1.807) is 6.26 Å². The second-order valence-corrected chi connectivity index (χ2v) is 4.08. The summed E-state index contributed by atoms with van der Waals surface area (Å²) in [6.07, 6.45) is 5.90. The molecule has 0 aromatic carbocycles. The molecule has 3 nitrogen and oxygen atoms in total. The number of nitrogens with one attached hydrogen (secondary N) is 1. The topological polar surface area (TPSA) is 45.4 Å². The molecule has 1 aliphatic heterocycles. The molecular weight excluding hydrogens is 178 g/mol. The van der Waals surface area contributed by atoms with E-state index in [1.165, 1.54) is 12.8 Å². The molecule has 3 heteroatoms. The highest BCUT2D eigenvalue weighted by Gasteiger charge is 2.31. The van der Waals surface area contributed by atoms with E-state index in [1.807, 2.05) is 12.1 Å². The van der Waals surface area contributed by atoms with Crippen LogP contribution in [0.1, 0.15) is 25.0 Å². The van der Waals surface area contributed by atoms with Crippen molar-refractivity contribution < 1.29 is 9.52 Å². The molecule has 0 aliphatic carbocycles. The van der Waals surface area contributed by atoms with E-state index >= 15 is 0 Å². The highest BCUT2D eigenvalue weighted by Crippen LogP contribution is 2.23. The first-order chi connectivity index (χ1) is 6.85. The summed E-state index contributed by atoms with van der Waals surface area (Å²) in [7, 11) is 0. The number of piperidine rings is 1. The van der Waals surface area contributed by atoms with Gasteiger partial charge in [-0.1, -0.05) is 6.42 Å². The SMILES string of the molecule is OCC1(Cc2ccco2)CCCCN1. The average molecular weight is 195 g/mol. The van der Waals surface area contributed by atoms with Gasteiger partial charge in [0.1, 0.15) is 5.76 Å². The summed E-state index contributed by atoms with van der Waals surface area (Å²) in [5.74, 6) is 0.952. The molecule has 1 fully saturated rings. The van der Waals surface area contributed by atoms with Gasteiger partial charge < -0.3 is 14.8 Å². The van der Waals surface area contributed by atoms with Crippen LogP contribution in [0.3, 0.4) is 0 Å². The van der Waals surface area contributed by atoms with Crippen LogP contribution in [0.5, 0.6) is 0 Å². The summed E-state index contributed by atoms with van der Waals surface area (Å²) < 4.78 is 5.31. The molecule has 1 unspecified atom stereocenters. The monoisotopic (exact) mass is 195 g/mol. The molecule has 1 aliphatic rings. The minimum atomic E-state index is -0.143. The second kappa shape index (κ2) is 4.15. The van der Waals surface area contributed by atoms with Crippen molar-refractivity contribution in [1.29, 1.82) is 0 Å². The van der Waals surface area contributed by atoms with Crippen LogP contribution in [0.15, 0.2) is 22.8 Å². The molecule has 0 saturated carbocycles. The van der Waals surface area contributed by atoms with Gasteiger partial charge in [-0.25, -0.2) is 0 Å². The largest absolute Gasteiger partial charge is 0.469 e. The fraction of sp³-hybridized carbons (Fsp3) is 0.636. The highest BCUT2D eigenvalue weighted by molar-refractivity contribution is 5.06. The Kier molecular flexibility index (Phi) is 2.89. The fourth-order valence-electron chi connectivity index (χ4n) is 2.12. The van der Waals surface area contributed by atoms with E-state index < -0.39 is 0 Å². The minimum absolute atomic E-state index is 0.143. The molecule has 14 heavy (non-hydrogen) atoms. The van der Waals surface area contributed by atoms with Crippen LogP contribution in [0, 0.1) is 0 Å². The van der Waals surface area contributed by atoms with Crippen molar-refractivity contribution in [3.8, 4) is 0 Å². The Bertz CT molecular complexity index is 263. The van der Waals surface area contributed by atoms with Crippen LogP contribution in [0.2, 0.25) is 0 Å². The van der Waals surface area contributed by atoms with E-state index in [9.17, 15) is 5.11 Å². The summed E-state index contributed by atoms with van der Waals surface area (Å²) >= 11 is 0. The van der Waals surface area contributed by atoms with Crippen LogP contribution in [-0.4, -0.2) is 23.8 Å². The predicted molar refractivity (Wildman–Crippen MR) is 54.1 cm³/mol. The Morgan fingerprint density at radius 2 is 2.43 bits per heavy atom. The quantitative estimate of drug-likeness (QED) is 0.764. The van der Waals surface area contributed by atoms with Gasteiger partial charge in [-0.3, -0.25) is 0 Å². The maximum Gasteiger partial charge on any atom is 0.105 e. The Balaban J connectivity index is 2.04. The number of aliphatic hydroxyl groups is 1. The first-order valence-electron chi connectivity index (χ1n) is 5.23. The number of aliphatic hydroxyl groups excluding tert-OH is 1. The molecule has 2 heterocycles. The normalized spacial score (nSPS) is 27.8. The number of furan rings is 1. The molecule has 0 radical (unpaired) electrons. The standard InChI is InChI=1S/C11H17NO2/c13-9-11(5-1-2-6-12-11)8-10-4-3-7-14-10/h3-4,7,12-13H,1-2,5-6,8-9H2. The van der Waals surface area contributed by atoms with Crippen molar-refractivity contribution in [2.75, 3.05) is 13.2 Å². The Morgan fingerprint density at radius 3 is 3.00 bits per heavy atom. The first-order valence-corrected chi connectivity index (χ1v) is 5.23. The van der Waals surface area contributed by atoms with E-state index in [4.69, 9.17) is 4.42 Å². The molecular formula is C11H17NO2. The predicted octanol–water partition coefficient (Wildman–Crippen LogP) is 1.33. The van der Waals surface area contributed by atoms with Crippen molar-refractivity contribution in [3.05, 3.63) is 24.2 Å². The third kappa shape index (κ3) is 1.99. The third-order valence-corrected chi connectivity index (χ3v) is 2.98. The number of hydrogen-bond donors (Lipinski definition) is 2. The summed E-state index contributed by atoms with van der Waals surface area (Å²) in [6.45, 7) is 1.19. The van der Waals surface area contributed by atoms with E-state index in [2.05, 4.69) is 5.32 Å². The van der Waals surface area contributed by atoms with E-state index in [-0.39, 0.29) is 12.1 Å². The lowest BCUT2D eigenvalue weighted by Crippen LogP contribution is -2.53. The summed E-state index contributed by atoms with van der Waals surface area (Å²) in [5.41, 5.74) is -0.143. The van der Waals surface area contributed by atoms with Crippen molar-refractivity contribution in [2.45, 2.75) is 31.2 Å². The second-order valence-electron chi connectivity index (χ2n) is 4.08. The van der Waals surface area contributed by atoms with Crippen LogP contribution >= 0.6 is 0 Å². The summed E-state index contributed by atoms with van der Waals surface area (Å²) in [6, 6.07) is 3.86. The maximum atomic E-state index is 9.44. The first kappa shape index (κ1) is 9.74. The van der Waals surface area contributed by atoms with Gasteiger partial charge in [0, 0.05) is 12.0 Å². The zero-order valence-corrected chi connectivity index (χ0v) is 8.33. The average Bonchev–Trinajstić information content (AvgIpc) is 2.72. The summed E-state index contributed by atoms with van der Waals surface area (Å²) in [5, 5.41) is 12.8. The van der Waals surface area contributed by atoms with Gasteiger partial charge >= 0.3 is 0 Å². The molecule has 1 saturated heterocycles. The molecule has 2 rings (SSSR count). The van der Waals surface area contributed by atoms with Crippen LogP contribution < -0.4 is 5.32 Å². The van der Waals surface area contributed by atoms with Gasteiger partial charge in [0.05, 0.1) is 12.9 Å². The van der Waals surface area contributed by atoms with Crippen LogP contribution in [-0.2, 0) is 6.42 Å². The van der Waals surface area contributed by atoms with E-state index in [0.29, 0.717) is 0 Å². The third-order valence-electron chi connectivity index (χ3n) is 2.98. The maximum absolute atomic E-state index is 9.44. The van der Waals surface area contributed by atoms with Gasteiger partial charge in [-0.2, -0.15) is 0 Å². The van der Waals surface area contributed by atoms with Crippen molar-refractivity contribution in [2.24, 2.45) is 0 Å². The Morgan fingerprint density at radius 1 is 1.50 bits per heavy atom. The van der Waals surface area contributed by atoms with Crippen LogP contribution in [0.25, 0.3) is 0 Å². The number of hydrogen-bond acceptors (Lipinski definition) is 3. The number of rotatable bonds is 3. The van der Waals surface area contributed by atoms with Crippen molar-refractivity contribution in [1.82, 2.24) is 5.32 Å². The molecule has 0 spiro atoms. The molecule has 0 bridgehead atoms. The lowest BCUT2D eigenvalue weighted by Gasteiger charge is -2.36. The molecule has 2 N–H and O–H groups in total. The zero-order valence-electron chi connectivity index (χ0n) is 8.33. The Hall–Kier alpha value is -0.800. The zero-order chi connectivity index (χ0) is 9.86. The van der Waals surface area contributed by atoms with Gasteiger partial charge in [-0.15, -0.1) is 0 Å². The molecule has 78 valence electrons. The van der Waals surface area contributed by atoms with Gasteiger partial charge in [0.2, 0.25) is 0 Å². The molecule has 1 aromatic heterocycles. The van der Waals surface area contributed by atoms with Crippen molar-refractivity contribution in [3.63, 3.8) is 0 Å². The van der Waals surface area contributed by atoms with Gasteiger partial charge in [0.25, 0.3) is 0 Å². The molecule has 0 amide bonds. The fourth-order valence-corrected chi connectivity index (χ4v) is 2.12. The lowest BCUT2D eigenvalue weighted by molar-refractivity contribution is 0.126. The molecule has 1 atom stereocenters.